The zero-order valence-corrected chi connectivity index (χ0v) is 13.5. The molecule has 0 saturated carbocycles. The second kappa shape index (κ2) is 7.14. The molecule has 2 rings (SSSR count). The number of rotatable bonds is 4. The van der Waals surface area contributed by atoms with Crippen LogP contribution in [0.2, 0.25) is 5.02 Å². The molecule has 6 nitrogen and oxygen atoms in total. The molecular weight excluding hydrogens is 367 g/mol. The number of nitrogens with zero attached hydrogens (tertiary/aromatic N) is 2. The molecule has 0 bridgehead atoms. The second-order valence-corrected chi connectivity index (χ2v) is 5.88. The summed E-state index contributed by atoms with van der Waals surface area (Å²) in [6, 6.07) is 4.46. The maximum absolute atomic E-state index is 12.8. The van der Waals surface area contributed by atoms with E-state index in [9.17, 15) is 18.0 Å². The maximum atomic E-state index is 12.8. The molecule has 1 aromatic carbocycles. The Kier molecular flexibility index (Phi) is 5.40. The highest BCUT2D eigenvalue weighted by molar-refractivity contribution is 7.99. The predicted molar refractivity (Wildman–Crippen MR) is 86.7 cm³/mol. The van der Waals surface area contributed by atoms with Crippen LogP contribution in [0, 0.1) is 0 Å². The number of nitrogens with one attached hydrogen (secondary N) is 1. The zero-order chi connectivity index (χ0) is 17.9. The van der Waals surface area contributed by atoms with Crippen molar-refractivity contribution in [3.8, 4) is 0 Å². The van der Waals surface area contributed by atoms with Gasteiger partial charge in [0, 0.05) is 11.8 Å². The summed E-state index contributed by atoms with van der Waals surface area (Å²) in [5.41, 5.74) is 9.94. The van der Waals surface area contributed by atoms with Crippen molar-refractivity contribution in [2.45, 2.75) is 11.3 Å². The van der Waals surface area contributed by atoms with E-state index in [1.807, 2.05) is 0 Å². The van der Waals surface area contributed by atoms with Crippen molar-refractivity contribution in [1.82, 2.24) is 9.97 Å². The first kappa shape index (κ1) is 18.1. The lowest BCUT2D eigenvalue weighted by atomic mass is 10.2. The fourth-order valence-corrected chi connectivity index (χ4v) is 2.57. The highest BCUT2D eigenvalue weighted by Gasteiger charge is 2.33. The summed E-state index contributed by atoms with van der Waals surface area (Å²) >= 11 is 6.46. The van der Waals surface area contributed by atoms with Gasteiger partial charge in [0.15, 0.2) is 5.16 Å². The van der Waals surface area contributed by atoms with Crippen LogP contribution in [-0.4, -0.2) is 21.6 Å². The van der Waals surface area contributed by atoms with Crippen molar-refractivity contribution in [3.63, 3.8) is 0 Å². The van der Waals surface area contributed by atoms with Crippen LogP contribution in [0.1, 0.15) is 5.56 Å². The third kappa shape index (κ3) is 4.90. The quantitative estimate of drug-likeness (QED) is 0.558. The number of alkyl halides is 3. The molecular formula is C13H11ClF3N5OS. The van der Waals surface area contributed by atoms with Crippen LogP contribution < -0.4 is 16.8 Å². The third-order valence-electron chi connectivity index (χ3n) is 2.63. The van der Waals surface area contributed by atoms with Gasteiger partial charge in [0.1, 0.15) is 11.6 Å². The molecule has 1 heterocycles. The van der Waals surface area contributed by atoms with Crippen LogP contribution in [0.25, 0.3) is 0 Å². The SMILES string of the molecule is Nc1cc(N)nc(SCC(=O)Nc2ccc(Cl)c(C(F)(F)F)c2)n1. The van der Waals surface area contributed by atoms with Gasteiger partial charge in [0.25, 0.3) is 0 Å². The van der Waals surface area contributed by atoms with E-state index in [0.717, 1.165) is 23.9 Å². The highest BCUT2D eigenvalue weighted by Crippen LogP contribution is 2.36. The molecule has 1 amide bonds. The fourth-order valence-electron chi connectivity index (χ4n) is 1.67. The van der Waals surface area contributed by atoms with Crippen LogP contribution in [0.5, 0.6) is 0 Å². The van der Waals surface area contributed by atoms with Gasteiger partial charge in [-0.3, -0.25) is 4.79 Å². The number of hydrogen-bond donors (Lipinski definition) is 3. The van der Waals surface area contributed by atoms with Gasteiger partial charge in [-0.2, -0.15) is 13.2 Å². The molecule has 24 heavy (non-hydrogen) atoms. The van der Waals surface area contributed by atoms with Gasteiger partial charge >= 0.3 is 6.18 Å². The Morgan fingerprint density at radius 3 is 2.42 bits per heavy atom. The van der Waals surface area contributed by atoms with Crippen molar-refractivity contribution in [2.75, 3.05) is 22.5 Å². The minimum atomic E-state index is -4.61. The lowest BCUT2D eigenvalue weighted by Crippen LogP contribution is -2.15. The van der Waals surface area contributed by atoms with Crippen LogP contribution in [-0.2, 0) is 11.0 Å². The molecule has 2 aromatic rings. The van der Waals surface area contributed by atoms with Gasteiger partial charge in [0.2, 0.25) is 5.91 Å². The number of halogens is 4. The van der Waals surface area contributed by atoms with Gasteiger partial charge in [-0.25, -0.2) is 9.97 Å². The number of anilines is 3. The van der Waals surface area contributed by atoms with Crippen LogP contribution in [0.4, 0.5) is 30.5 Å². The smallest absolute Gasteiger partial charge is 0.383 e. The summed E-state index contributed by atoms with van der Waals surface area (Å²) in [6.07, 6.45) is -4.61. The average Bonchev–Trinajstić information content (AvgIpc) is 2.45. The minimum absolute atomic E-state index is 0.0228. The van der Waals surface area contributed by atoms with E-state index in [1.54, 1.807) is 0 Å². The van der Waals surface area contributed by atoms with E-state index in [-0.39, 0.29) is 28.2 Å². The lowest BCUT2D eigenvalue weighted by Gasteiger charge is -2.11. The van der Waals surface area contributed by atoms with Crippen molar-refractivity contribution in [2.24, 2.45) is 0 Å². The Hall–Kier alpha value is -2.20. The number of carbonyl (C=O) groups is 1. The topological polar surface area (TPSA) is 107 Å². The van der Waals surface area contributed by atoms with E-state index in [2.05, 4.69) is 15.3 Å². The number of hydrogen-bond acceptors (Lipinski definition) is 6. The maximum Gasteiger partial charge on any atom is 0.417 e. The standard InChI is InChI=1S/C13H11ClF3N5OS/c14-8-2-1-6(3-7(8)13(15,16)17)20-11(23)5-24-12-21-9(18)4-10(19)22-12/h1-4H,5H2,(H,20,23)(H4,18,19,21,22). The summed E-state index contributed by atoms with van der Waals surface area (Å²) in [5, 5.41) is 2.09. The number of benzene rings is 1. The van der Waals surface area contributed by atoms with Gasteiger partial charge in [-0.15, -0.1) is 0 Å². The molecule has 0 spiro atoms. The van der Waals surface area contributed by atoms with Crippen LogP contribution >= 0.6 is 23.4 Å². The Morgan fingerprint density at radius 2 is 1.83 bits per heavy atom. The Balaban J connectivity index is 2.02. The molecule has 1 aromatic heterocycles. The first-order chi connectivity index (χ1) is 11.1. The van der Waals surface area contributed by atoms with Crippen molar-refractivity contribution < 1.29 is 18.0 Å². The molecule has 0 atom stereocenters. The van der Waals surface area contributed by atoms with Crippen molar-refractivity contribution in [1.29, 1.82) is 0 Å². The summed E-state index contributed by atoms with van der Waals surface area (Å²) in [6.45, 7) is 0. The predicted octanol–water partition coefficient (Wildman–Crippen LogP) is 3.04. The molecule has 0 fully saturated rings. The van der Waals surface area contributed by atoms with Gasteiger partial charge in [0.05, 0.1) is 16.3 Å². The first-order valence-corrected chi connectivity index (χ1v) is 7.71. The Bertz CT molecular complexity index is 752. The number of nitrogens with two attached hydrogens (primary N) is 2. The summed E-state index contributed by atoms with van der Waals surface area (Å²) in [4.78, 5) is 19.6. The number of thioether (sulfide) groups is 1. The molecule has 0 radical (unpaired) electrons. The number of nitrogen functional groups attached to an aromatic ring is 2. The molecule has 11 heteroatoms. The molecule has 5 N–H and O–H groups in total. The Labute approximate surface area is 143 Å². The van der Waals surface area contributed by atoms with E-state index < -0.39 is 22.7 Å². The van der Waals surface area contributed by atoms with Crippen LogP contribution in [0.15, 0.2) is 29.4 Å². The Morgan fingerprint density at radius 1 is 1.21 bits per heavy atom. The zero-order valence-electron chi connectivity index (χ0n) is 11.9. The van der Waals surface area contributed by atoms with E-state index in [4.69, 9.17) is 23.1 Å². The summed E-state index contributed by atoms with van der Waals surface area (Å²) in [7, 11) is 0. The molecule has 128 valence electrons. The molecule has 0 saturated heterocycles. The van der Waals surface area contributed by atoms with Crippen molar-refractivity contribution in [3.05, 3.63) is 34.9 Å². The van der Waals surface area contributed by atoms with Crippen molar-refractivity contribution >= 4 is 46.6 Å². The number of aromatic nitrogens is 2. The largest absolute Gasteiger partial charge is 0.417 e. The lowest BCUT2D eigenvalue weighted by molar-refractivity contribution is -0.137. The fraction of sp³-hybridized carbons (Fsp3) is 0.154. The second-order valence-electron chi connectivity index (χ2n) is 4.53. The van der Waals surface area contributed by atoms with Gasteiger partial charge in [-0.1, -0.05) is 23.4 Å². The number of carbonyl (C=O) groups excluding carboxylic acids is 1. The monoisotopic (exact) mass is 377 g/mol. The molecule has 0 unspecified atom stereocenters. The van der Waals surface area contributed by atoms with Crippen LogP contribution in [0.3, 0.4) is 0 Å². The van der Waals surface area contributed by atoms with E-state index >= 15 is 0 Å². The third-order valence-corrected chi connectivity index (χ3v) is 3.81. The molecule has 0 aliphatic heterocycles. The highest BCUT2D eigenvalue weighted by atomic mass is 35.5. The van der Waals surface area contributed by atoms with Gasteiger partial charge in [-0.05, 0) is 18.2 Å². The molecule has 0 aliphatic carbocycles. The minimum Gasteiger partial charge on any atom is -0.383 e. The van der Waals surface area contributed by atoms with Gasteiger partial charge < -0.3 is 16.8 Å². The molecule has 0 aliphatic rings. The summed E-state index contributed by atoms with van der Waals surface area (Å²) in [5.74, 6) is -0.372. The normalized spacial score (nSPS) is 11.3. The first-order valence-electron chi connectivity index (χ1n) is 6.34. The van der Waals surface area contributed by atoms with E-state index in [0.29, 0.717) is 0 Å². The average molecular weight is 378 g/mol. The number of amides is 1. The van der Waals surface area contributed by atoms with E-state index in [1.165, 1.54) is 12.1 Å². The summed E-state index contributed by atoms with van der Waals surface area (Å²) < 4.78 is 38.3.